The van der Waals surface area contributed by atoms with Gasteiger partial charge in [-0.1, -0.05) is 24.3 Å². The highest BCUT2D eigenvalue weighted by atomic mass is 16.3. The Bertz CT molecular complexity index is 284. The molecule has 0 saturated heterocycles. The quantitative estimate of drug-likeness (QED) is 0.757. The molecular weight excluding hydrogens is 188 g/mol. The van der Waals surface area contributed by atoms with Crippen LogP contribution in [-0.2, 0) is 13.1 Å². The Labute approximate surface area is 91.5 Å². The highest BCUT2D eigenvalue weighted by Gasteiger charge is 2.07. The molecule has 0 radical (unpaired) electrons. The fourth-order valence-electron chi connectivity index (χ4n) is 1.36. The minimum absolute atomic E-state index is 0.192. The molecule has 1 atom stereocenters. The first-order valence-electron chi connectivity index (χ1n) is 5.26. The summed E-state index contributed by atoms with van der Waals surface area (Å²) in [6.07, 6.45) is 0. The van der Waals surface area contributed by atoms with Crippen LogP contribution in [0, 0.1) is 0 Å². The van der Waals surface area contributed by atoms with Crippen LogP contribution in [0.3, 0.4) is 0 Å². The number of likely N-dealkylation sites (N-methyl/N-ethyl adjacent to an activating group) is 1. The van der Waals surface area contributed by atoms with Crippen molar-refractivity contribution in [1.82, 2.24) is 4.90 Å². The van der Waals surface area contributed by atoms with Crippen LogP contribution < -0.4 is 5.73 Å². The lowest BCUT2D eigenvalue weighted by Gasteiger charge is -2.22. The van der Waals surface area contributed by atoms with Crippen molar-refractivity contribution in [2.24, 2.45) is 5.73 Å². The zero-order valence-corrected chi connectivity index (χ0v) is 9.48. The fourth-order valence-corrected chi connectivity index (χ4v) is 1.36. The minimum atomic E-state index is 0.192. The largest absolute Gasteiger partial charge is 0.395 e. The molecule has 1 aromatic carbocycles. The molecule has 0 bridgehead atoms. The Morgan fingerprint density at radius 3 is 2.27 bits per heavy atom. The molecule has 0 spiro atoms. The second kappa shape index (κ2) is 5.85. The Morgan fingerprint density at radius 2 is 1.80 bits per heavy atom. The van der Waals surface area contributed by atoms with Gasteiger partial charge >= 0.3 is 0 Å². The van der Waals surface area contributed by atoms with Gasteiger partial charge in [-0.2, -0.15) is 0 Å². The molecule has 3 nitrogen and oxygen atoms in total. The monoisotopic (exact) mass is 208 g/mol. The van der Waals surface area contributed by atoms with Gasteiger partial charge in [0.05, 0.1) is 6.61 Å². The van der Waals surface area contributed by atoms with Crippen LogP contribution in [0.5, 0.6) is 0 Å². The number of hydrogen-bond acceptors (Lipinski definition) is 3. The summed E-state index contributed by atoms with van der Waals surface area (Å²) in [6.45, 7) is 3.64. The molecule has 1 aromatic rings. The van der Waals surface area contributed by atoms with E-state index in [1.807, 2.05) is 26.1 Å². The molecule has 0 heterocycles. The molecule has 0 saturated carbocycles. The maximum Gasteiger partial charge on any atom is 0.0584 e. The van der Waals surface area contributed by atoms with Crippen LogP contribution in [0.15, 0.2) is 24.3 Å². The summed E-state index contributed by atoms with van der Waals surface area (Å²) in [7, 11) is 2.01. The Balaban J connectivity index is 2.57. The van der Waals surface area contributed by atoms with Crippen LogP contribution in [0.25, 0.3) is 0 Å². The summed E-state index contributed by atoms with van der Waals surface area (Å²) in [5, 5.41) is 9.01. The molecule has 0 aliphatic carbocycles. The first-order chi connectivity index (χ1) is 7.17. The SMILES string of the molecule is CC(CO)N(C)Cc1ccc(CN)cc1. The number of benzene rings is 1. The van der Waals surface area contributed by atoms with Crippen molar-refractivity contribution in [3.05, 3.63) is 35.4 Å². The maximum atomic E-state index is 9.01. The van der Waals surface area contributed by atoms with Crippen molar-refractivity contribution < 1.29 is 5.11 Å². The lowest BCUT2D eigenvalue weighted by molar-refractivity contribution is 0.154. The summed E-state index contributed by atoms with van der Waals surface area (Å²) in [6, 6.07) is 8.46. The van der Waals surface area contributed by atoms with Crippen LogP contribution in [-0.4, -0.2) is 29.7 Å². The highest BCUT2D eigenvalue weighted by molar-refractivity contribution is 5.22. The number of aliphatic hydroxyl groups excluding tert-OH is 1. The topological polar surface area (TPSA) is 49.5 Å². The van der Waals surface area contributed by atoms with E-state index in [9.17, 15) is 0 Å². The van der Waals surface area contributed by atoms with E-state index < -0.39 is 0 Å². The van der Waals surface area contributed by atoms with Gasteiger partial charge in [-0.3, -0.25) is 4.90 Å². The van der Waals surface area contributed by atoms with E-state index in [0.29, 0.717) is 6.54 Å². The normalized spacial score (nSPS) is 13.1. The molecule has 0 fully saturated rings. The highest BCUT2D eigenvalue weighted by Crippen LogP contribution is 2.08. The van der Waals surface area contributed by atoms with Gasteiger partial charge in [-0.25, -0.2) is 0 Å². The summed E-state index contributed by atoms with van der Waals surface area (Å²) >= 11 is 0. The second-order valence-corrected chi connectivity index (χ2v) is 3.97. The van der Waals surface area contributed by atoms with E-state index in [1.54, 1.807) is 0 Å². The second-order valence-electron chi connectivity index (χ2n) is 3.97. The molecule has 15 heavy (non-hydrogen) atoms. The third-order valence-electron chi connectivity index (χ3n) is 2.71. The smallest absolute Gasteiger partial charge is 0.0584 e. The number of nitrogens with zero attached hydrogens (tertiary/aromatic N) is 1. The van der Waals surface area contributed by atoms with Crippen LogP contribution >= 0.6 is 0 Å². The van der Waals surface area contributed by atoms with Gasteiger partial charge in [0.1, 0.15) is 0 Å². The Morgan fingerprint density at radius 1 is 1.27 bits per heavy atom. The predicted molar refractivity (Wildman–Crippen MR) is 62.3 cm³/mol. The van der Waals surface area contributed by atoms with Crippen molar-refractivity contribution in [2.75, 3.05) is 13.7 Å². The third-order valence-corrected chi connectivity index (χ3v) is 2.71. The zero-order valence-electron chi connectivity index (χ0n) is 9.48. The van der Waals surface area contributed by atoms with Crippen LogP contribution in [0.2, 0.25) is 0 Å². The molecule has 0 aromatic heterocycles. The number of rotatable bonds is 5. The molecule has 0 amide bonds. The van der Waals surface area contributed by atoms with Gasteiger partial charge in [0.25, 0.3) is 0 Å². The summed E-state index contributed by atoms with van der Waals surface area (Å²) in [5.41, 5.74) is 7.92. The van der Waals surface area contributed by atoms with Crippen molar-refractivity contribution in [2.45, 2.75) is 26.1 Å². The van der Waals surface area contributed by atoms with E-state index in [-0.39, 0.29) is 12.6 Å². The fraction of sp³-hybridized carbons (Fsp3) is 0.500. The van der Waals surface area contributed by atoms with E-state index in [1.165, 1.54) is 5.56 Å². The Kier molecular flexibility index (Phi) is 4.75. The van der Waals surface area contributed by atoms with Gasteiger partial charge in [0.2, 0.25) is 0 Å². The number of hydrogen-bond donors (Lipinski definition) is 2. The standard InChI is InChI=1S/C12H20N2O/c1-10(9-15)14(2)8-12-5-3-11(7-13)4-6-12/h3-6,10,15H,7-9,13H2,1-2H3. The van der Waals surface area contributed by atoms with Gasteiger partial charge < -0.3 is 10.8 Å². The van der Waals surface area contributed by atoms with Gasteiger partial charge in [-0.15, -0.1) is 0 Å². The van der Waals surface area contributed by atoms with Crippen molar-refractivity contribution >= 4 is 0 Å². The molecule has 0 aliphatic rings. The Hall–Kier alpha value is -0.900. The third kappa shape index (κ3) is 3.63. The molecule has 1 rings (SSSR count). The number of nitrogens with two attached hydrogens (primary N) is 1. The molecule has 3 N–H and O–H groups in total. The zero-order chi connectivity index (χ0) is 11.3. The van der Waals surface area contributed by atoms with Crippen LogP contribution in [0.4, 0.5) is 0 Å². The number of aliphatic hydroxyl groups is 1. The molecule has 0 aliphatic heterocycles. The molecule has 3 heteroatoms. The minimum Gasteiger partial charge on any atom is -0.395 e. The molecular formula is C12H20N2O. The lowest BCUT2D eigenvalue weighted by atomic mass is 10.1. The average molecular weight is 208 g/mol. The molecule has 1 unspecified atom stereocenters. The summed E-state index contributed by atoms with van der Waals surface area (Å²) < 4.78 is 0. The van der Waals surface area contributed by atoms with E-state index in [2.05, 4.69) is 17.0 Å². The van der Waals surface area contributed by atoms with Crippen molar-refractivity contribution in [3.63, 3.8) is 0 Å². The van der Waals surface area contributed by atoms with Gasteiger partial charge in [0.15, 0.2) is 0 Å². The maximum absolute atomic E-state index is 9.01. The van der Waals surface area contributed by atoms with Crippen molar-refractivity contribution in [1.29, 1.82) is 0 Å². The van der Waals surface area contributed by atoms with Gasteiger partial charge in [-0.05, 0) is 25.1 Å². The van der Waals surface area contributed by atoms with Crippen LogP contribution in [0.1, 0.15) is 18.1 Å². The van der Waals surface area contributed by atoms with Crippen molar-refractivity contribution in [3.8, 4) is 0 Å². The van der Waals surface area contributed by atoms with E-state index >= 15 is 0 Å². The average Bonchev–Trinajstić information content (AvgIpc) is 2.29. The molecule has 84 valence electrons. The van der Waals surface area contributed by atoms with E-state index in [0.717, 1.165) is 12.1 Å². The summed E-state index contributed by atoms with van der Waals surface area (Å²) in [4.78, 5) is 2.12. The lowest BCUT2D eigenvalue weighted by Crippen LogP contribution is -2.31. The van der Waals surface area contributed by atoms with Gasteiger partial charge in [0, 0.05) is 19.1 Å². The predicted octanol–water partition coefficient (Wildman–Crippen LogP) is 0.958. The first-order valence-corrected chi connectivity index (χ1v) is 5.26. The van der Waals surface area contributed by atoms with E-state index in [4.69, 9.17) is 10.8 Å². The first kappa shape index (κ1) is 12.2. The summed E-state index contributed by atoms with van der Waals surface area (Å²) in [5.74, 6) is 0.